The molecule has 2 fully saturated rings. The van der Waals surface area contributed by atoms with Gasteiger partial charge in [0, 0.05) is 12.1 Å². The lowest BCUT2D eigenvalue weighted by atomic mass is 9.91. The van der Waals surface area contributed by atoms with Crippen molar-refractivity contribution in [3.05, 3.63) is 42.0 Å². The second kappa shape index (κ2) is 8.80. The third-order valence-corrected chi connectivity index (χ3v) is 7.29. The molecule has 6 rings (SSSR count). The number of H-pyrrole nitrogens is 2. The Kier molecular flexibility index (Phi) is 5.52. The van der Waals surface area contributed by atoms with Gasteiger partial charge in [0.25, 0.3) is 0 Å². The minimum absolute atomic E-state index is 0.494. The smallest absolute Gasteiger partial charge is 0.159 e. The van der Waals surface area contributed by atoms with E-state index in [4.69, 9.17) is 9.72 Å². The first-order valence-electron chi connectivity index (χ1n) is 12.4. The molecule has 2 saturated heterocycles. The SMILES string of the molecule is CCOc1cccc2[nH]nc(-c3nc4ccc(C5CCCCN5C5CCNCC5)cc4[nH]3)c12. The lowest BCUT2D eigenvalue weighted by Crippen LogP contribution is -2.46. The topological polar surface area (TPSA) is 81.9 Å². The van der Waals surface area contributed by atoms with Crippen LogP contribution in [-0.2, 0) is 0 Å². The minimum Gasteiger partial charge on any atom is -0.493 e. The van der Waals surface area contributed by atoms with Gasteiger partial charge in [-0.05, 0) is 82.1 Å². The van der Waals surface area contributed by atoms with Crippen LogP contribution in [0.2, 0.25) is 0 Å². The number of aromatic nitrogens is 4. The van der Waals surface area contributed by atoms with E-state index in [0.29, 0.717) is 18.7 Å². The summed E-state index contributed by atoms with van der Waals surface area (Å²) in [4.78, 5) is 11.2. The highest BCUT2D eigenvalue weighted by atomic mass is 16.5. The molecule has 1 atom stereocenters. The van der Waals surface area contributed by atoms with Crippen molar-refractivity contribution in [3.8, 4) is 17.3 Å². The van der Waals surface area contributed by atoms with Gasteiger partial charge in [0.1, 0.15) is 11.4 Å². The number of nitrogens with zero attached hydrogens (tertiary/aromatic N) is 3. The summed E-state index contributed by atoms with van der Waals surface area (Å²) >= 11 is 0. The number of rotatable bonds is 5. The van der Waals surface area contributed by atoms with Crippen LogP contribution in [-0.4, -0.2) is 57.3 Å². The number of hydrogen-bond donors (Lipinski definition) is 3. The molecule has 4 aromatic rings. The minimum atomic E-state index is 0.494. The Morgan fingerprint density at radius 2 is 1.97 bits per heavy atom. The maximum atomic E-state index is 5.87. The zero-order valence-corrected chi connectivity index (χ0v) is 19.2. The molecule has 0 spiro atoms. The normalized spacial score (nSPS) is 20.6. The first-order valence-corrected chi connectivity index (χ1v) is 12.4. The van der Waals surface area contributed by atoms with E-state index in [-0.39, 0.29) is 0 Å². The van der Waals surface area contributed by atoms with Crippen LogP contribution in [0.1, 0.15) is 50.6 Å². The third kappa shape index (κ3) is 3.79. The van der Waals surface area contributed by atoms with Gasteiger partial charge < -0.3 is 15.0 Å². The van der Waals surface area contributed by atoms with Crippen molar-refractivity contribution >= 4 is 21.9 Å². The zero-order chi connectivity index (χ0) is 22.2. The van der Waals surface area contributed by atoms with Gasteiger partial charge in [-0.15, -0.1) is 0 Å². The molecule has 0 radical (unpaired) electrons. The molecule has 1 unspecified atom stereocenters. The quantitative estimate of drug-likeness (QED) is 0.413. The number of aromatic amines is 2. The molecule has 172 valence electrons. The van der Waals surface area contributed by atoms with Crippen molar-refractivity contribution in [1.29, 1.82) is 0 Å². The van der Waals surface area contributed by atoms with Crippen LogP contribution in [0.5, 0.6) is 5.75 Å². The van der Waals surface area contributed by atoms with E-state index in [0.717, 1.165) is 52.3 Å². The van der Waals surface area contributed by atoms with Gasteiger partial charge in [0.2, 0.25) is 0 Å². The number of likely N-dealkylation sites (tertiary alicyclic amines) is 1. The Balaban J connectivity index is 1.36. The molecule has 4 heterocycles. The predicted molar refractivity (Wildman–Crippen MR) is 132 cm³/mol. The summed E-state index contributed by atoms with van der Waals surface area (Å²) in [6.45, 7) is 6.10. The van der Waals surface area contributed by atoms with Crippen LogP contribution in [0.4, 0.5) is 0 Å². The molecule has 3 N–H and O–H groups in total. The second-order valence-electron chi connectivity index (χ2n) is 9.28. The zero-order valence-electron chi connectivity index (χ0n) is 19.2. The van der Waals surface area contributed by atoms with Gasteiger partial charge in [-0.25, -0.2) is 4.98 Å². The van der Waals surface area contributed by atoms with Crippen molar-refractivity contribution in [2.75, 3.05) is 26.2 Å². The van der Waals surface area contributed by atoms with Crippen LogP contribution in [0.25, 0.3) is 33.5 Å². The van der Waals surface area contributed by atoms with Crippen LogP contribution in [0.15, 0.2) is 36.4 Å². The largest absolute Gasteiger partial charge is 0.493 e. The molecule has 7 heteroatoms. The first kappa shape index (κ1) is 20.7. The molecular weight excluding hydrogens is 412 g/mol. The number of ether oxygens (including phenoxy) is 1. The average molecular weight is 445 g/mol. The molecule has 0 amide bonds. The number of imidazole rings is 1. The van der Waals surface area contributed by atoms with Gasteiger partial charge in [-0.1, -0.05) is 18.6 Å². The first-order chi connectivity index (χ1) is 16.3. The van der Waals surface area contributed by atoms with Crippen LogP contribution in [0, 0.1) is 0 Å². The fraction of sp³-hybridized carbons (Fsp3) is 0.462. The molecular formula is C26H32N6O. The van der Waals surface area contributed by atoms with E-state index in [1.165, 1.54) is 44.2 Å². The predicted octanol–water partition coefficient (Wildman–Crippen LogP) is 4.78. The van der Waals surface area contributed by atoms with Gasteiger partial charge in [-0.3, -0.25) is 10.00 Å². The Hall–Kier alpha value is -2.90. The Morgan fingerprint density at radius 1 is 1.06 bits per heavy atom. The van der Waals surface area contributed by atoms with E-state index >= 15 is 0 Å². The highest BCUT2D eigenvalue weighted by molar-refractivity contribution is 5.97. The lowest BCUT2D eigenvalue weighted by molar-refractivity contribution is 0.0760. The molecule has 7 nitrogen and oxygen atoms in total. The maximum absolute atomic E-state index is 5.87. The third-order valence-electron chi connectivity index (χ3n) is 7.29. The molecule has 2 aromatic carbocycles. The van der Waals surface area contributed by atoms with E-state index in [9.17, 15) is 0 Å². The monoisotopic (exact) mass is 444 g/mol. The van der Waals surface area contributed by atoms with E-state index < -0.39 is 0 Å². The summed E-state index contributed by atoms with van der Waals surface area (Å²) in [6.07, 6.45) is 6.35. The molecule has 2 aliphatic rings. The van der Waals surface area contributed by atoms with Crippen molar-refractivity contribution in [2.24, 2.45) is 0 Å². The highest BCUT2D eigenvalue weighted by Crippen LogP contribution is 2.37. The fourth-order valence-corrected chi connectivity index (χ4v) is 5.72. The Morgan fingerprint density at radius 3 is 2.85 bits per heavy atom. The van der Waals surface area contributed by atoms with Gasteiger partial charge in [0.05, 0.1) is 28.5 Å². The summed E-state index contributed by atoms with van der Waals surface area (Å²) in [6, 6.07) is 13.9. The highest BCUT2D eigenvalue weighted by Gasteiger charge is 2.31. The summed E-state index contributed by atoms with van der Waals surface area (Å²) in [7, 11) is 0. The lowest BCUT2D eigenvalue weighted by Gasteiger charge is -2.43. The van der Waals surface area contributed by atoms with Gasteiger partial charge in [-0.2, -0.15) is 5.10 Å². The van der Waals surface area contributed by atoms with Crippen LogP contribution in [0.3, 0.4) is 0 Å². The van der Waals surface area contributed by atoms with E-state index in [1.54, 1.807) is 0 Å². The number of nitrogens with one attached hydrogen (secondary N) is 3. The summed E-state index contributed by atoms with van der Waals surface area (Å²) < 4.78 is 5.87. The summed E-state index contributed by atoms with van der Waals surface area (Å²) in [5.41, 5.74) is 5.21. The van der Waals surface area contributed by atoms with Crippen LogP contribution < -0.4 is 10.1 Å². The molecule has 0 bridgehead atoms. The van der Waals surface area contributed by atoms with Gasteiger partial charge >= 0.3 is 0 Å². The molecule has 2 aliphatic heterocycles. The van der Waals surface area contributed by atoms with Crippen molar-refractivity contribution < 1.29 is 4.74 Å². The second-order valence-corrected chi connectivity index (χ2v) is 9.28. The van der Waals surface area contributed by atoms with E-state index in [2.05, 4.69) is 43.6 Å². The van der Waals surface area contributed by atoms with Gasteiger partial charge in [0.15, 0.2) is 5.82 Å². The van der Waals surface area contributed by atoms with Crippen LogP contribution >= 0.6 is 0 Å². The number of piperidine rings is 2. The average Bonchev–Trinajstić information content (AvgIpc) is 3.49. The van der Waals surface area contributed by atoms with Crippen molar-refractivity contribution in [2.45, 2.75) is 51.1 Å². The maximum Gasteiger partial charge on any atom is 0.159 e. The molecule has 33 heavy (non-hydrogen) atoms. The number of hydrogen-bond acceptors (Lipinski definition) is 5. The standard InChI is InChI=1S/C26H32N6O/c1-2-33-23-8-5-6-20-24(23)25(31-30-20)26-28-19-10-9-17(16-21(19)29-26)22-7-3-4-15-32(22)18-11-13-27-14-12-18/h5-6,8-10,16,18,22,27H,2-4,7,11-15H2,1H3,(H,28,29)(H,30,31). The number of benzene rings is 2. The molecule has 2 aromatic heterocycles. The molecule has 0 saturated carbocycles. The fourth-order valence-electron chi connectivity index (χ4n) is 5.72. The Labute approximate surface area is 193 Å². The summed E-state index contributed by atoms with van der Waals surface area (Å²) in [5.74, 6) is 1.61. The van der Waals surface area contributed by atoms with Crippen molar-refractivity contribution in [1.82, 2.24) is 30.4 Å². The van der Waals surface area contributed by atoms with Crippen molar-refractivity contribution in [3.63, 3.8) is 0 Å². The van der Waals surface area contributed by atoms with E-state index in [1.807, 2.05) is 25.1 Å². The summed E-state index contributed by atoms with van der Waals surface area (Å²) in [5, 5.41) is 12.2. The molecule has 0 aliphatic carbocycles. The Bertz CT molecular complexity index is 1250. The number of fused-ring (bicyclic) bond motifs is 2.